The van der Waals surface area contributed by atoms with Crippen LogP contribution in [0, 0.1) is 5.92 Å². The molecular weight excluding hydrogens is 206 g/mol. The van der Waals surface area contributed by atoms with Crippen LogP contribution in [0.2, 0.25) is 0 Å². The summed E-state index contributed by atoms with van der Waals surface area (Å²) >= 11 is 0. The molecule has 0 heterocycles. The number of nitrogens with two attached hydrogens (primary N) is 1. The molecule has 0 radical (unpaired) electrons. The molecule has 0 aromatic heterocycles. The molecule has 0 saturated carbocycles. The summed E-state index contributed by atoms with van der Waals surface area (Å²) < 4.78 is 10.8. The number of rotatable bonds is 10. The molecule has 0 fully saturated rings. The van der Waals surface area contributed by atoms with Gasteiger partial charge in [0.25, 0.3) is 0 Å². The summed E-state index contributed by atoms with van der Waals surface area (Å²) in [6, 6.07) is -0.101. The molecule has 0 rings (SSSR count). The molecule has 16 heavy (non-hydrogen) atoms. The molecule has 0 aliphatic carbocycles. The first-order chi connectivity index (χ1) is 7.61. The Morgan fingerprint density at radius 2 is 1.88 bits per heavy atom. The van der Waals surface area contributed by atoms with Crippen molar-refractivity contribution in [3.05, 3.63) is 0 Å². The SMILES string of the molecule is CCCOCCOC(CO)C(N)CC(C)C. The van der Waals surface area contributed by atoms with Crippen LogP contribution in [-0.2, 0) is 9.47 Å². The molecule has 0 bridgehead atoms. The van der Waals surface area contributed by atoms with Gasteiger partial charge in [-0.2, -0.15) is 0 Å². The second-order valence-electron chi connectivity index (χ2n) is 4.50. The number of aliphatic hydroxyl groups is 1. The van der Waals surface area contributed by atoms with Crippen LogP contribution in [0.15, 0.2) is 0 Å². The van der Waals surface area contributed by atoms with Gasteiger partial charge in [0.1, 0.15) is 0 Å². The van der Waals surface area contributed by atoms with Crippen molar-refractivity contribution in [3.8, 4) is 0 Å². The van der Waals surface area contributed by atoms with E-state index in [0.29, 0.717) is 19.1 Å². The van der Waals surface area contributed by atoms with Crippen molar-refractivity contribution in [1.29, 1.82) is 0 Å². The molecule has 0 aromatic rings. The maximum Gasteiger partial charge on any atom is 0.0957 e. The lowest BCUT2D eigenvalue weighted by atomic mass is 10.0. The van der Waals surface area contributed by atoms with E-state index in [0.717, 1.165) is 19.4 Å². The Bertz CT molecular complexity index is 153. The van der Waals surface area contributed by atoms with Crippen LogP contribution in [0.25, 0.3) is 0 Å². The zero-order valence-corrected chi connectivity index (χ0v) is 10.8. The van der Waals surface area contributed by atoms with Gasteiger partial charge in [0.2, 0.25) is 0 Å². The summed E-state index contributed by atoms with van der Waals surface area (Å²) in [5.74, 6) is 0.518. The summed E-state index contributed by atoms with van der Waals surface area (Å²) in [6.45, 7) is 8.08. The highest BCUT2D eigenvalue weighted by Crippen LogP contribution is 2.08. The molecule has 0 aromatic carbocycles. The van der Waals surface area contributed by atoms with Crippen LogP contribution >= 0.6 is 0 Å². The van der Waals surface area contributed by atoms with Crippen LogP contribution in [-0.4, -0.2) is 43.7 Å². The molecule has 2 atom stereocenters. The van der Waals surface area contributed by atoms with Crippen molar-refractivity contribution in [3.63, 3.8) is 0 Å². The zero-order chi connectivity index (χ0) is 12.4. The zero-order valence-electron chi connectivity index (χ0n) is 10.8. The number of hydrogen-bond donors (Lipinski definition) is 2. The van der Waals surface area contributed by atoms with E-state index in [1.165, 1.54) is 0 Å². The van der Waals surface area contributed by atoms with Gasteiger partial charge in [-0.15, -0.1) is 0 Å². The second kappa shape index (κ2) is 10.0. The minimum atomic E-state index is -0.271. The maximum atomic E-state index is 9.17. The first kappa shape index (κ1) is 15.8. The Hall–Kier alpha value is -0.160. The summed E-state index contributed by atoms with van der Waals surface area (Å²) in [4.78, 5) is 0. The topological polar surface area (TPSA) is 64.7 Å². The molecule has 0 spiro atoms. The Kier molecular flexibility index (Phi) is 9.92. The second-order valence-corrected chi connectivity index (χ2v) is 4.50. The minimum absolute atomic E-state index is 0.0261. The van der Waals surface area contributed by atoms with Crippen LogP contribution in [0.1, 0.15) is 33.6 Å². The smallest absolute Gasteiger partial charge is 0.0957 e. The number of hydrogen-bond acceptors (Lipinski definition) is 4. The number of ether oxygens (including phenoxy) is 2. The minimum Gasteiger partial charge on any atom is -0.394 e. The van der Waals surface area contributed by atoms with Gasteiger partial charge in [-0.05, 0) is 18.8 Å². The predicted molar refractivity (Wildman–Crippen MR) is 65.4 cm³/mol. The fraction of sp³-hybridized carbons (Fsp3) is 1.00. The Labute approximate surface area is 99.1 Å². The van der Waals surface area contributed by atoms with Crippen molar-refractivity contribution in [2.24, 2.45) is 11.7 Å². The largest absolute Gasteiger partial charge is 0.394 e. The van der Waals surface area contributed by atoms with E-state index < -0.39 is 0 Å². The molecule has 0 aliphatic rings. The van der Waals surface area contributed by atoms with Crippen LogP contribution in [0.4, 0.5) is 0 Å². The van der Waals surface area contributed by atoms with Crippen molar-refractivity contribution >= 4 is 0 Å². The van der Waals surface area contributed by atoms with E-state index >= 15 is 0 Å². The third kappa shape index (κ3) is 8.05. The van der Waals surface area contributed by atoms with Crippen molar-refractivity contribution in [2.45, 2.75) is 45.8 Å². The van der Waals surface area contributed by atoms with Gasteiger partial charge < -0.3 is 20.3 Å². The molecule has 4 nitrogen and oxygen atoms in total. The standard InChI is InChI=1S/C12H27NO3/c1-4-5-15-6-7-16-12(9-14)11(13)8-10(2)3/h10-12,14H,4-9,13H2,1-3H3. The molecule has 0 saturated heterocycles. The molecule has 3 N–H and O–H groups in total. The van der Waals surface area contributed by atoms with Crippen molar-refractivity contribution in [1.82, 2.24) is 0 Å². The van der Waals surface area contributed by atoms with Gasteiger partial charge in [0.05, 0.1) is 25.9 Å². The van der Waals surface area contributed by atoms with E-state index in [4.69, 9.17) is 20.3 Å². The third-order valence-corrected chi connectivity index (χ3v) is 2.31. The third-order valence-electron chi connectivity index (χ3n) is 2.31. The Balaban J connectivity index is 3.65. The first-order valence-electron chi connectivity index (χ1n) is 6.17. The molecule has 4 heteroatoms. The van der Waals surface area contributed by atoms with Gasteiger partial charge in [-0.3, -0.25) is 0 Å². The monoisotopic (exact) mass is 233 g/mol. The lowest BCUT2D eigenvalue weighted by Gasteiger charge is -2.23. The lowest BCUT2D eigenvalue weighted by Crippen LogP contribution is -2.41. The highest BCUT2D eigenvalue weighted by molar-refractivity contribution is 4.74. The van der Waals surface area contributed by atoms with Crippen LogP contribution in [0.5, 0.6) is 0 Å². The average Bonchev–Trinajstić information content (AvgIpc) is 2.22. The first-order valence-corrected chi connectivity index (χ1v) is 6.17. The van der Waals surface area contributed by atoms with Gasteiger partial charge in [-0.25, -0.2) is 0 Å². The summed E-state index contributed by atoms with van der Waals surface area (Å²) in [5.41, 5.74) is 5.94. The molecule has 0 aliphatic heterocycles. The summed E-state index contributed by atoms with van der Waals surface area (Å²) in [6.07, 6.45) is 1.60. The predicted octanol–water partition coefficient (Wildman–Crippen LogP) is 1.16. The highest BCUT2D eigenvalue weighted by Gasteiger charge is 2.18. The van der Waals surface area contributed by atoms with Crippen molar-refractivity contribution in [2.75, 3.05) is 26.4 Å². The molecule has 2 unspecified atom stereocenters. The molecular formula is C12H27NO3. The van der Waals surface area contributed by atoms with E-state index in [2.05, 4.69) is 20.8 Å². The van der Waals surface area contributed by atoms with Crippen molar-refractivity contribution < 1.29 is 14.6 Å². The fourth-order valence-corrected chi connectivity index (χ4v) is 1.51. The maximum absolute atomic E-state index is 9.17. The fourth-order valence-electron chi connectivity index (χ4n) is 1.51. The Morgan fingerprint density at radius 1 is 1.19 bits per heavy atom. The molecule has 98 valence electrons. The van der Waals surface area contributed by atoms with Gasteiger partial charge >= 0.3 is 0 Å². The number of aliphatic hydroxyl groups excluding tert-OH is 1. The van der Waals surface area contributed by atoms with E-state index in [1.807, 2.05) is 0 Å². The van der Waals surface area contributed by atoms with Gasteiger partial charge in [-0.1, -0.05) is 20.8 Å². The Morgan fingerprint density at radius 3 is 2.38 bits per heavy atom. The normalized spacial score (nSPS) is 15.4. The average molecular weight is 233 g/mol. The van der Waals surface area contributed by atoms with E-state index in [9.17, 15) is 0 Å². The lowest BCUT2D eigenvalue weighted by molar-refractivity contribution is -0.0324. The van der Waals surface area contributed by atoms with E-state index in [-0.39, 0.29) is 18.8 Å². The highest BCUT2D eigenvalue weighted by atomic mass is 16.5. The molecule has 0 amide bonds. The quantitative estimate of drug-likeness (QED) is 0.556. The summed E-state index contributed by atoms with van der Waals surface area (Å²) in [5, 5.41) is 9.17. The van der Waals surface area contributed by atoms with Gasteiger partial charge in [0, 0.05) is 12.6 Å². The van der Waals surface area contributed by atoms with Crippen LogP contribution < -0.4 is 5.73 Å². The van der Waals surface area contributed by atoms with E-state index in [1.54, 1.807) is 0 Å². The van der Waals surface area contributed by atoms with Gasteiger partial charge in [0.15, 0.2) is 0 Å². The summed E-state index contributed by atoms with van der Waals surface area (Å²) in [7, 11) is 0. The van der Waals surface area contributed by atoms with Crippen LogP contribution in [0.3, 0.4) is 0 Å².